The maximum absolute atomic E-state index is 13.4. The minimum absolute atomic E-state index is 0.0326. The van der Waals surface area contributed by atoms with E-state index in [1.54, 1.807) is 12.3 Å². The van der Waals surface area contributed by atoms with Gasteiger partial charge in [-0.05, 0) is 37.7 Å². The Morgan fingerprint density at radius 3 is 2.44 bits per heavy atom. The van der Waals surface area contributed by atoms with Gasteiger partial charge in [-0.3, -0.25) is 19.3 Å². The van der Waals surface area contributed by atoms with Crippen LogP contribution in [0.15, 0.2) is 40.1 Å². The fraction of sp³-hybridized carbons (Fsp3) is 0.500. The van der Waals surface area contributed by atoms with E-state index in [2.05, 4.69) is 44.7 Å². The van der Waals surface area contributed by atoms with E-state index < -0.39 is 18.0 Å². The summed E-state index contributed by atoms with van der Waals surface area (Å²) < 4.78 is 5.91. The van der Waals surface area contributed by atoms with Crippen LogP contribution in [0.25, 0.3) is 0 Å². The van der Waals surface area contributed by atoms with E-state index in [4.69, 9.17) is 4.42 Å². The maximum atomic E-state index is 13.4. The molecule has 11 heteroatoms. The zero-order valence-electron chi connectivity index (χ0n) is 24.6. The molecule has 0 unspecified atom stereocenters. The van der Waals surface area contributed by atoms with Gasteiger partial charge in [-0.2, -0.15) is 0 Å². The van der Waals surface area contributed by atoms with E-state index in [0.29, 0.717) is 42.1 Å². The van der Waals surface area contributed by atoms with E-state index in [1.165, 1.54) is 11.3 Å². The van der Waals surface area contributed by atoms with Gasteiger partial charge in [0.15, 0.2) is 5.69 Å². The summed E-state index contributed by atoms with van der Waals surface area (Å²) in [6.07, 6.45) is 0.596. The molecule has 3 amide bonds. The molecule has 3 atom stereocenters. The molecular weight excluding hydrogens is 540 g/mol. The third-order valence-electron chi connectivity index (χ3n) is 6.88. The average molecular weight is 581 g/mol. The van der Waals surface area contributed by atoms with Crippen molar-refractivity contribution in [3.05, 3.63) is 69.3 Å². The van der Waals surface area contributed by atoms with Gasteiger partial charge in [0.05, 0.1) is 12.6 Å². The molecule has 2 aromatic heterocycles. The van der Waals surface area contributed by atoms with Gasteiger partial charge in [-0.15, -0.1) is 11.3 Å². The molecule has 1 aromatic carbocycles. The van der Waals surface area contributed by atoms with Crippen LogP contribution in [0.4, 0.5) is 0 Å². The van der Waals surface area contributed by atoms with Crippen molar-refractivity contribution >= 4 is 29.1 Å². The Hall–Kier alpha value is -3.57. The first-order valence-corrected chi connectivity index (χ1v) is 15.0. The van der Waals surface area contributed by atoms with Crippen molar-refractivity contribution in [2.75, 3.05) is 19.6 Å². The molecule has 10 nitrogen and oxygen atoms in total. The molecule has 41 heavy (non-hydrogen) atoms. The maximum Gasteiger partial charge on any atom is 0.274 e. The molecule has 0 spiro atoms. The number of aryl methyl sites for hydroxylation is 1. The number of hydrogen-bond acceptors (Lipinski definition) is 8. The molecule has 0 saturated heterocycles. The smallest absolute Gasteiger partial charge is 0.274 e. The van der Waals surface area contributed by atoms with E-state index in [0.717, 1.165) is 5.56 Å². The standard InChI is InChI=1S/C30H40N6O4S/c1-17(2)13-36-14-22(12-21-10-8-7-9-11-21)32-27(38)23-16-41-30(33-23)19(5)31-28(39)26-20(6)40-29(35-26)25(18(3)4)34-24(37)15-36/h7-11,16-19,22,25H,12-15H2,1-6H3,(H,31,39)(H,32,38)(H,34,37)/t19-,22-,25+/m1/s1. The van der Waals surface area contributed by atoms with Crippen LogP contribution in [0.1, 0.15) is 89.9 Å². The number of thiazole rings is 1. The topological polar surface area (TPSA) is 129 Å². The summed E-state index contributed by atoms with van der Waals surface area (Å²) in [6.45, 7) is 12.9. The fourth-order valence-corrected chi connectivity index (χ4v) is 5.77. The van der Waals surface area contributed by atoms with Crippen LogP contribution >= 0.6 is 11.3 Å². The number of aromatic nitrogens is 2. The van der Waals surface area contributed by atoms with Gasteiger partial charge in [-0.1, -0.05) is 58.0 Å². The number of oxazole rings is 1. The lowest BCUT2D eigenvalue weighted by atomic mass is 10.0. The summed E-state index contributed by atoms with van der Waals surface area (Å²) in [7, 11) is 0. The number of fused-ring (bicyclic) bond motifs is 4. The lowest BCUT2D eigenvalue weighted by Crippen LogP contribution is -2.49. The second kappa shape index (κ2) is 13.4. The normalized spacial score (nSPS) is 21.3. The van der Waals surface area contributed by atoms with E-state index in [-0.39, 0.29) is 41.7 Å². The summed E-state index contributed by atoms with van der Waals surface area (Å²) >= 11 is 1.31. The molecule has 0 radical (unpaired) electrons. The Morgan fingerprint density at radius 2 is 1.76 bits per heavy atom. The van der Waals surface area contributed by atoms with Gasteiger partial charge in [0.2, 0.25) is 11.8 Å². The monoisotopic (exact) mass is 580 g/mol. The number of hydrogen-bond donors (Lipinski definition) is 3. The predicted octanol–water partition coefficient (Wildman–Crippen LogP) is 4.06. The van der Waals surface area contributed by atoms with Gasteiger partial charge >= 0.3 is 0 Å². The van der Waals surface area contributed by atoms with Crippen molar-refractivity contribution in [3.8, 4) is 0 Å². The van der Waals surface area contributed by atoms with E-state index in [1.807, 2.05) is 51.1 Å². The molecule has 4 rings (SSSR count). The van der Waals surface area contributed by atoms with E-state index >= 15 is 0 Å². The summed E-state index contributed by atoms with van der Waals surface area (Å²) in [6, 6.07) is 8.74. The van der Waals surface area contributed by atoms with Crippen molar-refractivity contribution in [2.45, 2.75) is 66.1 Å². The van der Waals surface area contributed by atoms with Crippen molar-refractivity contribution in [1.29, 1.82) is 0 Å². The van der Waals surface area contributed by atoms with E-state index in [9.17, 15) is 14.4 Å². The van der Waals surface area contributed by atoms with Crippen molar-refractivity contribution in [1.82, 2.24) is 30.8 Å². The molecule has 0 aliphatic carbocycles. The van der Waals surface area contributed by atoms with Gasteiger partial charge < -0.3 is 20.4 Å². The largest absolute Gasteiger partial charge is 0.443 e. The van der Waals surface area contributed by atoms with Crippen LogP contribution in [-0.4, -0.2) is 58.3 Å². The fourth-order valence-electron chi connectivity index (χ4n) is 4.96. The third-order valence-corrected chi connectivity index (χ3v) is 7.91. The first-order chi connectivity index (χ1) is 19.5. The molecule has 3 N–H and O–H groups in total. The predicted molar refractivity (Wildman–Crippen MR) is 158 cm³/mol. The summed E-state index contributed by atoms with van der Waals surface area (Å²) in [4.78, 5) is 51.0. The highest BCUT2D eigenvalue weighted by Crippen LogP contribution is 2.25. The van der Waals surface area contributed by atoms with Crippen LogP contribution in [0.2, 0.25) is 0 Å². The quantitative estimate of drug-likeness (QED) is 0.415. The summed E-state index contributed by atoms with van der Waals surface area (Å²) in [5.41, 5.74) is 1.53. The van der Waals surface area contributed by atoms with Crippen molar-refractivity contribution in [3.63, 3.8) is 0 Å². The molecule has 1 aliphatic rings. The molecule has 220 valence electrons. The minimum Gasteiger partial charge on any atom is -0.443 e. The van der Waals surface area contributed by atoms with Crippen LogP contribution in [0.5, 0.6) is 0 Å². The number of carbonyl (C=O) groups excluding carboxylic acids is 3. The highest BCUT2D eigenvalue weighted by molar-refractivity contribution is 7.09. The molecule has 0 fully saturated rings. The Bertz CT molecular complexity index is 1350. The Morgan fingerprint density at radius 1 is 1.02 bits per heavy atom. The second-order valence-electron chi connectivity index (χ2n) is 11.5. The van der Waals surface area contributed by atoms with Gasteiger partial charge in [-0.25, -0.2) is 9.97 Å². The number of nitrogens with zero attached hydrogens (tertiary/aromatic N) is 3. The number of carbonyl (C=O) groups is 3. The highest BCUT2D eigenvalue weighted by atomic mass is 32.1. The van der Waals surface area contributed by atoms with Crippen LogP contribution in [-0.2, 0) is 11.2 Å². The summed E-state index contributed by atoms with van der Waals surface area (Å²) in [5.74, 6) is 0.0429. The molecule has 0 saturated carbocycles. The number of rotatable bonds is 5. The molecular formula is C30H40N6O4S. The van der Waals surface area contributed by atoms with Crippen LogP contribution in [0, 0.1) is 18.8 Å². The van der Waals surface area contributed by atoms with Crippen molar-refractivity contribution < 1.29 is 18.8 Å². The van der Waals surface area contributed by atoms with Gasteiger partial charge in [0, 0.05) is 24.5 Å². The Balaban J connectivity index is 1.70. The van der Waals surface area contributed by atoms with Crippen LogP contribution < -0.4 is 16.0 Å². The van der Waals surface area contributed by atoms with Crippen molar-refractivity contribution in [2.24, 2.45) is 11.8 Å². The average Bonchev–Trinajstić information content (AvgIpc) is 3.54. The Labute approximate surface area is 245 Å². The summed E-state index contributed by atoms with van der Waals surface area (Å²) in [5, 5.41) is 11.5. The lowest BCUT2D eigenvalue weighted by Gasteiger charge is -2.30. The molecule has 1 aliphatic heterocycles. The SMILES string of the molecule is Cc1oc2nc1C(=O)N[C@H](C)c1nc(cs1)C(=O)N[C@H](Cc1ccccc1)CN(CC(C)C)CC(=O)N[C@H]2C(C)C. The number of amides is 3. The van der Waals surface area contributed by atoms with Crippen LogP contribution in [0.3, 0.4) is 0 Å². The third kappa shape index (κ3) is 8.01. The molecule has 3 aromatic rings. The van der Waals surface area contributed by atoms with Gasteiger partial charge in [0.1, 0.15) is 22.5 Å². The number of benzene rings is 1. The molecule has 3 heterocycles. The highest BCUT2D eigenvalue weighted by Gasteiger charge is 2.29. The number of nitrogens with one attached hydrogen (secondary N) is 3. The Kier molecular flexibility index (Phi) is 9.93. The molecule has 4 bridgehead atoms. The first kappa shape index (κ1) is 30.4. The zero-order valence-corrected chi connectivity index (χ0v) is 25.4. The minimum atomic E-state index is -0.513. The zero-order chi connectivity index (χ0) is 29.7. The first-order valence-electron chi connectivity index (χ1n) is 14.1. The van der Waals surface area contributed by atoms with Gasteiger partial charge in [0.25, 0.3) is 11.8 Å². The second-order valence-corrected chi connectivity index (χ2v) is 12.3. The lowest BCUT2D eigenvalue weighted by molar-refractivity contribution is -0.123.